The van der Waals surface area contributed by atoms with Gasteiger partial charge in [-0.1, -0.05) is 29.3 Å². The minimum atomic E-state index is -0.605. The first-order valence-electron chi connectivity index (χ1n) is 5.95. The molecule has 0 saturated carbocycles. The molecule has 2 rings (SSSR count). The number of carbonyl (C=O) groups excluding carboxylic acids is 2. The van der Waals surface area contributed by atoms with Crippen molar-refractivity contribution in [2.24, 2.45) is 5.73 Å². The summed E-state index contributed by atoms with van der Waals surface area (Å²) in [6.45, 7) is 1.91. The van der Waals surface area contributed by atoms with E-state index in [-0.39, 0.29) is 16.5 Å². The standard InChI is InChI=1S/C15H13ClN2O2/c1-9-3-2-4-10(7-9)15(20)18-11-5-6-12(14(17)19)13(16)8-11/h2-8H,1H3,(H2,17,19)(H,18,20). The van der Waals surface area contributed by atoms with Crippen LogP contribution in [-0.4, -0.2) is 11.8 Å². The first-order chi connectivity index (χ1) is 9.47. The van der Waals surface area contributed by atoms with Crippen LogP contribution in [0.3, 0.4) is 0 Å². The molecule has 5 heteroatoms. The third kappa shape index (κ3) is 3.16. The molecule has 0 bridgehead atoms. The van der Waals surface area contributed by atoms with Crippen LogP contribution in [0.5, 0.6) is 0 Å². The van der Waals surface area contributed by atoms with Gasteiger partial charge in [0.2, 0.25) is 5.91 Å². The summed E-state index contributed by atoms with van der Waals surface area (Å²) in [5.41, 5.74) is 7.45. The second-order valence-corrected chi connectivity index (χ2v) is 4.79. The molecule has 0 fully saturated rings. The molecule has 0 aliphatic rings. The number of hydrogen-bond acceptors (Lipinski definition) is 2. The summed E-state index contributed by atoms with van der Waals surface area (Å²) in [6.07, 6.45) is 0. The van der Waals surface area contributed by atoms with Gasteiger partial charge in [-0.15, -0.1) is 0 Å². The fourth-order valence-corrected chi connectivity index (χ4v) is 2.06. The van der Waals surface area contributed by atoms with E-state index in [4.69, 9.17) is 17.3 Å². The lowest BCUT2D eigenvalue weighted by atomic mass is 10.1. The molecule has 4 nitrogen and oxygen atoms in total. The number of nitrogens with two attached hydrogens (primary N) is 1. The molecule has 0 radical (unpaired) electrons. The van der Waals surface area contributed by atoms with Crippen molar-refractivity contribution >= 4 is 29.1 Å². The highest BCUT2D eigenvalue weighted by molar-refractivity contribution is 6.34. The number of primary amides is 1. The van der Waals surface area contributed by atoms with E-state index in [1.165, 1.54) is 12.1 Å². The summed E-state index contributed by atoms with van der Waals surface area (Å²) >= 11 is 5.93. The predicted molar refractivity (Wildman–Crippen MR) is 79.1 cm³/mol. The molecule has 0 heterocycles. The first kappa shape index (κ1) is 14.1. The summed E-state index contributed by atoms with van der Waals surface area (Å²) in [5.74, 6) is -0.844. The van der Waals surface area contributed by atoms with Gasteiger partial charge in [0.05, 0.1) is 10.6 Å². The monoisotopic (exact) mass is 288 g/mol. The van der Waals surface area contributed by atoms with Crippen LogP contribution in [0.4, 0.5) is 5.69 Å². The van der Waals surface area contributed by atoms with Crippen LogP contribution in [0.15, 0.2) is 42.5 Å². The molecule has 2 aromatic carbocycles. The first-order valence-corrected chi connectivity index (χ1v) is 6.32. The van der Waals surface area contributed by atoms with E-state index in [1.807, 2.05) is 19.1 Å². The second kappa shape index (κ2) is 5.75. The minimum Gasteiger partial charge on any atom is -0.366 e. The van der Waals surface area contributed by atoms with Gasteiger partial charge in [0.1, 0.15) is 0 Å². The summed E-state index contributed by atoms with van der Waals surface area (Å²) in [4.78, 5) is 23.1. The van der Waals surface area contributed by atoms with Crippen LogP contribution >= 0.6 is 11.6 Å². The van der Waals surface area contributed by atoms with Gasteiger partial charge in [0, 0.05) is 11.3 Å². The Bertz CT molecular complexity index is 683. The maximum atomic E-state index is 12.1. The highest BCUT2D eigenvalue weighted by Crippen LogP contribution is 2.21. The van der Waals surface area contributed by atoms with Gasteiger partial charge in [-0.25, -0.2) is 0 Å². The summed E-state index contributed by atoms with van der Waals surface area (Å²) in [7, 11) is 0. The maximum Gasteiger partial charge on any atom is 0.255 e. The van der Waals surface area contributed by atoms with Gasteiger partial charge >= 0.3 is 0 Å². The molecule has 20 heavy (non-hydrogen) atoms. The van der Waals surface area contributed by atoms with Crippen LogP contribution in [0.25, 0.3) is 0 Å². The zero-order valence-electron chi connectivity index (χ0n) is 10.8. The molecule has 2 amide bonds. The van der Waals surface area contributed by atoms with Crippen molar-refractivity contribution < 1.29 is 9.59 Å². The Hall–Kier alpha value is -2.33. The van der Waals surface area contributed by atoms with E-state index >= 15 is 0 Å². The number of nitrogens with one attached hydrogen (secondary N) is 1. The zero-order chi connectivity index (χ0) is 14.7. The summed E-state index contributed by atoms with van der Waals surface area (Å²) in [6, 6.07) is 11.8. The normalized spacial score (nSPS) is 10.1. The minimum absolute atomic E-state index is 0.208. The Morgan fingerprint density at radius 3 is 2.50 bits per heavy atom. The number of benzene rings is 2. The number of carbonyl (C=O) groups is 2. The molecular weight excluding hydrogens is 276 g/mol. The van der Waals surface area contributed by atoms with Gasteiger partial charge in [-0.2, -0.15) is 0 Å². The van der Waals surface area contributed by atoms with Crippen LogP contribution in [0.1, 0.15) is 26.3 Å². The number of amides is 2. The van der Waals surface area contributed by atoms with Crippen LogP contribution in [0, 0.1) is 6.92 Å². The van der Waals surface area contributed by atoms with Crippen molar-refractivity contribution in [2.45, 2.75) is 6.92 Å². The van der Waals surface area contributed by atoms with E-state index < -0.39 is 5.91 Å². The van der Waals surface area contributed by atoms with Crippen molar-refractivity contribution in [2.75, 3.05) is 5.32 Å². The number of aryl methyl sites for hydroxylation is 1. The Kier molecular flexibility index (Phi) is 4.05. The Balaban J connectivity index is 2.20. The molecule has 0 aromatic heterocycles. The third-order valence-corrected chi connectivity index (χ3v) is 3.09. The van der Waals surface area contributed by atoms with Crippen molar-refractivity contribution in [3.05, 3.63) is 64.2 Å². The highest BCUT2D eigenvalue weighted by atomic mass is 35.5. The second-order valence-electron chi connectivity index (χ2n) is 4.38. The topological polar surface area (TPSA) is 72.2 Å². The van der Waals surface area contributed by atoms with Gasteiger partial charge in [0.15, 0.2) is 0 Å². The molecule has 0 unspecified atom stereocenters. The van der Waals surface area contributed by atoms with E-state index in [1.54, 1.807) is 18.2 Å². The molecule has 0 aliphatic heterocycles. The SMILES string of the molecule is Cc1cccc(C(=O)Nc2ccc(C(N)=O)c(Cl)c2)c1. The van der Waals surface area contributed by atoms with E-state index in [0.29, 0.717) is 11.3 Å². The van der Waals surface area contributed by atoms with Crippen LogP contribution < -0.4 is 11.1 Å². The quantitative estimate of drug-likeness (QED) is 0.911. The lowest BCUT2D eigenvalue weighted by Gasteiger charge is -2.07. The van der Waals surface area contributed by atoms with Crippen molar-refractivity contribution in [1.29, 1.82) is 0 Å². The van der Waals surface area contributed by atoms with Gasteiger partial charge in [-0.05, 0) is 37.3 Å². The summed E-state index contributed by atoms with van der Waals surface area (Å²) in [5, 5.41) is 2.92. The lowest BCUT2D eigenvalue weighted by molar-refractivity contribution is 0.0998. The molecular formula is C15H13ClN2O2. The van der Waals surface area contributed by atoms with Crippen LogP contribution in [0.2, 0.25) is 5.02 Å². The third-order valence-electron chi connectivity index (χ3n) is 2.77. The Morgan fingerprint density at radius 1 is 1.15 bits per heavy atom. The van der Waals surface area contributed by atoms with Crippen molar-refractivity contribution in [3.63, 3.8) is 0 Å². The van der Waals surface area contributed by atoms with Gasteiger partial charge < -0.3 is 11.1 Å². The highest BCUT2D eigenvalue weighted by Gasteiger charge is 2.10. The van der Waals surface area contributed by atoms with E-state index in [2.05, 4.69) is 5.32 Å². The fraction of sp³-hybridized carbons (Fsp3) is 0.0667. The van der Waals surface area contributed by atoms with Gasteiger partial charge in [-0.3, -0.25) is 9.59 Å². The maximum absolute atomic E-state index is 12.1. The summed E-state index contributed by atoms with van der Waals surface area (Å²) < 4.78 is 0. The smallest absolute Gasteiger partial charge is 0.255 e. The molecule has 3 N–H and O–H groups in total. The number of anilines is 1. The number of rotatable bonds is 3. The number of halogens is 1. The molecule has 0 atom stereocenters. The average Bonchev–Trinajstić information content (AvgIpc) is 2.38. The Morgan fingerprint density at radius 2 is 1.90 bits per heavy atom. The molecule has 102 valence electrons. The Labute approximate surface area is 121 Å². The molecule has 0 saturated heterocycles. The van der Waals surface area contributed by atoms with Crippen molar-refractivity contribution in [3.8, 4) is 0 Å². The van der Waals surface area contributed by atoms with E-state index in [0.717, 1.165) is 5.56 Å². The average molecular weight is 289 g/mol. The van der Waals surface area contributed by atoms with E-state index in [9.17, 15) is 9.59 Å². The zero-order valence-corrected chi connectivity index (χ0v) is 11.6. The molecule has 2 aromatic rings. The number of hydrogen-bond donors (Lipinski definition) is 2. The van der Waals surface area contributed by atoms with Crippen molar-refractivity contribution in [1.82, 2.24) is 0 Å². The van der Waals surface area contributed by atoms with Crippen LogP contribution in [-0.2, 0) is 0 Å². The molecule has 0 aliphatic carbocycles. The predicted octanol–water partition coefficient (Wildman–Crippen LogP) is 3.00. The lowest BCUT2D eigenvalue weighted by Crippen LogP contribution is -2.14. The largest absolute Gasteiger partial charge is 0.366 e. The van der Waals surface area contributed by atoms with Gasteiger partial charge in [0.25, 0.3) is 5.91 Å². The fourth-order valence-electron chi connectivity index (χ4n) is 1.78. The molecule has 0 spiro atoms.